The Morgan fingerprint density at radius 2 is 2.11 bits per heavy atom. The molecule has 2 aromatic carbocycles. The van der Waals surface area contributed by atoms with Crippen LogP contribution < -0.4 is 10.1 Å². The van der Waals surface area contributed by atoms with Gasteiger partial charge in [0.25, 0.3) is 5.91 Å². The van der Waals surface area contributed by atoms with Crippen molar-refractivity contribution >= 4 is 43.5 Å². The molecule has 2 atom stereocenters. The largest absolute Gasteiger partial charge is 0.495 e. The second kappa shape index (κ2) is 7.81. The Labute approximate surface area is 175 Å². The van der Waals surface area contributed by atoms with E-state index < -0.39 is 0 Å². The molecule has 142 valence electrons. The van der Waals surface area contributed by atoms with Crippen LogP contribution in [0.4, 0.5) is 5.69 Å². The number of carbonyl (C=O) groups is 1. The first-order valence-corrected chi connectivity index (χ1v) is 10.5. The lowest BCUT2D eigenvalue weighted by atomic mass is 10.0. The monoisotopic (exact) mass is 494 g/mol. The zero-order chi connectivity index (χ0) is 19.0. The number of carbonyl (C=O) groups excluding carboxylic acids is 1. The van der Waals surface area contributed by atoms with E-state index in [0.717, 1.165) is 39.6 Å². The van der Waals surface area contributed by atoms with Crippen molar-refractivity contribution in [1.82, 2.24) is 4.90 Å². The number of halogens is 2. The number of anilines is 1. The number of ether oxygens (including phenoxy) is 2. The fraction of sp³-hybridized carbons (Fsp3) is 0.350. The van der Waals surface area contributed by atoms with Gasteiger partial charge < -0.3 is 19.7 Å². The van der Waals surface area contributed by atoms with Crippen LogP contribution in [-0.2, 0) is 4.74 Å². The molecule has 1 amide bonds. The fourth-order valence-electron chi connectivity index (χ4n) is 3.73. The second-order valence-electron chi connectivity index (χ2n) is 6.70. The van der Waals surface area contributed by atoms with E-state index in [0.29, 0.717) is 17.9 Å². The molecule has 1 saturated heterocycles. The van der Waals surface area contributed by atoms with Crippen molar-refractivity contribution in [2.45, 2.75) is 25.1 Å². The Morgan fingerprint density at radius 1 is 1.30 bits per heavy atom. The van der Waals surface area contributed by atoms with Crippen LogP contribution >= 0.6 is 31.9 Å². The summed E-state index contributed by atoms with van der Waals surface area (Å²) in [7, 11) is 1.64. The summed E-state index contributed by atoms with van der Waals surface area (Å²) in [6, 6.07) is 11.5. The molecule has 5 nitrogen and oxygen atoms in total. The van der Waals surface area contributed by atoms with Crippen LogP contribution in [0.5, 0.6) is 5.75 Å². The SMILES string of the molecule is COc1c(Br)cc(Br)cc1[C@@H]1Nc2ccccc2C(=O)N1C[C@@H]1CCCO1. The van der Waals surface area contributed by atoms with E-state index in [1.165, 1.54) is 0 Å². The van der Waals surface area contributed by atoms with Gasteiger partial charge in [0.05, 0.1) is 23.2 Å². The highest BCUT2D eigenvalue weighted by molar-refractivity contribution is 9.11. The quantitative estimate of drug-likeness (QED) is 0.650. The first-order valence-electron chi connectivity index (χ1n) is 8.89. The number of hydrogen-bond donors (Lipinski definition) is 1. The summed E-state index contributed by atoms with van der Waals surface area (Å²) in [5, 5.41) is 3.52. The maximum atomic E-state index is 13.3. The number of amides is 1. The Balaban J connectivity index is 1.80. The highest BCUT2D eigenvalue weighted by atomic mass is 79.9. The van der Waals surface area contributed by atoms with Crippen LogP contribution in [0.15, 0.2) is 45.3 Å². The van der Waals surface area contributed by atoms with Crippen LogP contribution in [-0.4, -0.2) is 37.2 Å². The molecular formula is C20H20Br2N2O3. The summed E-state index contributed by atoms with van der Waals surface area (Å²) in [6.07, 6.45) is 1.72. The van der Waals surface area contributed by atoms with Crippen molar-refractivity contribution in [3.05, 3.63) is 56.5 Å². The lowest BCUT2D eigenvalue weighted by molar-refractivity contribution is 0.0424. The third-order valence-electron chi connectivity index (χ3n) is 4.98. The maximum absolute atomic E-state index is 13.3. The molecule has 2 aliphatic heterocycles. The van der Waals surface area contributed by atoms with Gasteiger partial charge in [0.2, 0.25) is 0 Å². The summed E-state index contributed by atoms with van der Waals surface area (Å²) in [6.45, 7) is 1.30. The number of hydrogen-bond acceptors (Lipinski definition) is 4. The van der Waals surface area contributed by atoms with E-state index in [4.69, 9.17) is 9.47 Å². The van der Waals surface area contributed by atoms with E-state index in [1.54, 1.807) is 7.11 Å². The third-order valence-corrected chi connectivity index (χ3v) is 6.03. The lowest BCUT2D eigenvalue weighted by Gasteiger charge is -2.39. The summed E-state index contributed by atoms with van der Waals surface area (Å²) >= 11 is 7.13. The van der Waals surface area contributed by atoms with Crippen molar-refractivity contribution in [3.63, 3.8) is 0 Å². The molecule has 7 heteroatoms. The molecule has 2 aliphatic rings. The highest BCUT2D eigenvalue weighted by Crippen LogP contribution is 2.41. The molecule has 0 aliphatic carbocycles. The number of benzene rings is 2. The van der Waals surface area contributed by atoms with Crippen LogP contribution in [0.3, 0.4) is 0 Å². The summed E-state index contributed by atoms with van der Waals surface area (Å²) < 4.78 is 13.2. The zero-order valence-electron chi connectivity index (χ0n) is 14.9. The van der Waals surface area contributed by atoms with Crippen molar-refractivity contribution in [2.24, 2.45) is 0 Å². The Bertz CT molecular complexity index is 868. The predicted molar refractivity (Wildman–Crippen MR) is 111 cm³/mol. The molecule has 0 spiro atoms. The molecule has 1 N–H and O–H groups in total. The Morgan fingerprint density at radius 3 is 2.85 bits per heavy atom. The minimum absolute atomic E-state index is 0.00278. The molecule has 0 saturated carbocycles. The normalized spacial score (nSPS) is 21.7. The van der Waals surface area contributed by atoms with Gasteiger partial charge in [-0.1, -0.05) is 28.1 Å². The Kier molecular flexibility index (Phi) is 5.43. The van der Waals surface area contributed by atoms with E-state index in [-0.39, 0.29) is 18.2 Å². The number of nitrogens with one attached hydrogen (secondary N) is 1. The average molecular weight is 496 g/mol. The zero-order valence-corrected chi connectivity index (χ0v) is 18.0. The summed E-state index contributed by atoms with van der Waals surface area (Å²) in [5.41, 5.74) is 2.40. The number of rotatable bonds is 4. The van der Waals surface area contributed by atoms with Crippen LogP contribution in [0.25, 0.3) is 0 Å². The van der Waals surface area contributed by atoms with E-state index in [1.807, 2.05) is 41.3 Å². The number of nitrogens with zero attached hydrogens (tertiary/aromatic N) is 1. The van der Waals surface area contributed by atoms with Gasteiger partial charge >= 0.3 is 0 Å². The van der Waals surface area contributed by atoms with Gasteiger partial charge in [-0.25, -0.2) is 0 Å². The molecular weight excluding hydrogens is 476 g/mol. The second-order valence-corrected chi connectivity index (χ2v) is 8.47. The number of fused-ring (bicyclic) bond motifs is 1. The van der Waals surface area contributed by atoms with Gasteiger partial charge in [0, 0.05) is 28.9 Å². The smallest absolute Gasteiger partial charge is 0.257 e. The molecule has 0 bridgehead atoms. The highest BCUT2D eigenvalue weighted by Gasteiger charge is 2.37. The van der Waals surface area contributed by atoms with Gasteiger partial charge in [-0.15, -0.1) is 0 Å². The average Bonchev–Trinajstić information content (AvgIpc) is 3.16. The Hall–Kier alpha value is -1.57. The minimum atomic E-state index is -0.347. The molecule has 2 aromatic rings. The number of methoxy groups -OCH3 is 1. The van der Waals surface area contributed by atoms with Crippen LogP contribution in [0, 0.1) is 0 Å². The van der Waals surface area contributed by atoms with Gasteiger partial charge in [0.15, 0.2) is 0 Å². The molecule has 4 rings (SSSR count). The lowest BCUT2D eigenvalue weighted by Crippen LogP contribution is -2.46. The third kappa shape index (κ3) is 3.60. The van der Waals surface area contributed by atoms with E-state index in [2.05, 4.69) is 37.2 Å². The maximum Gasteiger partial charge on any atom is 0.257 e. The first kappa shape index (κ1) is 18.8. The predicted octanol–water partition coefficient (Wildman–Crippen LogP) is 4.97. The van der Waals surface area contributed by atoms with Crippen LogP contribution in [0.1, 0.15) is 34.9 Å². The van der Waals surface area contributed by atoms with Gasteiger partial charge in [-0.2, -0.15) is 0 Å². The van der Waals surface area contributed by atoms with Gasteiger partial charge in [-0.05, 0) is 53.0 Å². The molecule has 0 aromatic heterocycles. The fourth-order valence-corrected chi connectivity index (χ4v) is 5.15. The van der Waals surface area contributed by atoms with Gasteiger partial charge in [-0.3, -0.25) is 4.79 Å². The van der Waals surface area contributed by atoms with E-state index in [9.17, 15) is 4.79 Å². The van der Waals surface area contributed by atoms with E-state index >= 15 is 0 Å². The number of para-hydroxylation sites is 1. The van der Waals surface area contributed by atoms with Crippen molar-refractivity contribution in [1.29, 1.82) is 0 Å². The first-order chi connectivity index (χ1) is 13.1. The topological polar surface area (TPSA) is 50.8 Å². The molecule has 1 fully saturated rings. The summed E-state index contributed by atoms with van der Waals surface area (Å²) in [5.74, 6) is 0.711. The molecule has 0 unspecified atom stereocenters. The van der Waals surface area contributed by atoms with Gasteiger partial charge in [0.1, 0.15) is 11.9 Å². The molecule has 0 radical (unpaired) electrons. The summed E-state index contributed by atoms with van der Waals surface area (Å²) in [4.78, 5) is 15.2. The minimum Gasteiger partial charge on any atom is -0.495 e. The van der Waals surface area contributed by atoms with Crippen molar-refractivity contribution in [2.75, 3.05) is 25.6 Å². The van der Waals surface area contributed by atoms with Crippen molar-refractivity contribution in [3.8, 4) is 5.75 Å². The molecule has 27 heavy (non-hydrogen) atoms. The van der Waals surface area contributed by atoms with Crippen molar-refractivity contribution < 1.29 is 14.3 Å². The standard InChI is InChI=1S/C20H20Br2N2O3/c1-26-18-15(9-12(21)10-16(18)22)19-23-17-7-3-2-6-14(17)20(25)24(19)11-13-5-4-8-27-13/h2-3,6-7,9-10,13,19,23H,4-5,8,11H2,1H3/t13-,19+/m0/s1. The van der Waals surface area contributed by atoms with Crippen LogP contribution in [0.2, 0.25) is 0 Å². The molecule has 2 heterocycles.